The van der Waals surface area contributed by atoms with Crippen molar-refractivity contribution in [1.29, 1.82) is 0 Å². The summed E-state index contributed by atoms with van der Waals surface area (Å²) in [6.07, 6.45) is 4.63. The molecule has 0 heterocycles. The van der Waals surface area contributed by atoms with Crippen LogP contribution in [-0.4, -0.2) is 52.1 Å². The van der Waals surface area contributed by atoms with Gasteiger partial charge in [0, 0.05) is 19.0 Å². The summed E-state index contributed by atoms with van der Waals surface area (Å²) >= 11 is 0. The van der Waals surface area contributed by atoms with Gasteiger partial charge in [-0.1, -0.05) is 61.7 Å². The second kappa shape index (κ2) is 13.3. The molecular weight excluding hydrogens is 482 g/mol. The van der Waals surface area contributed by atoms with Gasteiger partial charge in [-0.15, -0.1) is 0 Å². The molecule has 1 aliphatic rings. The molecule has 1 aliphatic carbocycles. The predicted octanol–water partition coefficient (Wildman–Crippen LogP) is 4.87. The summed E-state index contributed by atoms with van der Waals surface area (Å²) in [5.74, 6) is -0.587. The number of carbonyl (C=O) groups is 3. The maximum atomic E-state index is 14.1. The van der Waals surface area contributed by atoms with Crippen molar-refractivity contribution in [1.82, 2.24) is 15.5 Å². The first-order chi connectivity index (χ1) is 18.1. The molecule has 2 unspecified atom stereocenters. The number of carbonyl (C=O) groups excluding carboxylic acids is 3. The number of phenols is 1. The van der Waals surface area contributed by atoms with E-state index in [1.54, 1.807) is 32.9 Å². The van der Waals surface area contributed by atoms with Gasteiger partial charge in [-0.05, 0) is 63.8 Å². The van der Waals surface area contributed by atoms with Crippen molar-refractivity contribution in [2.24, 2.45) is 0 Å². The average molecular weight is 524 g/mol. The minimum Gasteiger partial charge on any atom is -0.508 e. The highest BCUT2D eigenvalue weighted by atomic mass is 16.6. The zero-order valence-electron chi connectivity index (χ0n) is 22.9. The fraction of sp³-hybridized carbons (Fsp3) is 0.500. The number of hydrogen-bond acceptors (Lipinski definition) is 5. The number of hydrogen-bond donors (Lipinski definition) is 3. The quantitative estimate of drug-likeness (QED) is 0.435. The molecule has 3 rings (SSSR count). The van der Waals surface area contributed by atoms with Crippen LogP contribution in [0.15, 0.2) is 54.6 Å². The molecule has 0 bridgehead atoms. The van der Waals surface area contributed by atoms with Crippen LogP contribution in [-0.2, 0) is 20.7 Å². The molecule has 0 spiro atoms. The molecule has 0 radical (unpaired) electrons. The van der Waals surface area contributed by atoms with Gasteiger partial charge in [-0.25, -0.2) is 4.79 Å². The third kappa shape index (κ3) is 8.50. The van der Waals surface area contributed by atoms with Gasteiger partial charge >= 0.3 is 6.09 Å². The van der Waals surface area contributed by atoms with E-state index in [2.05, 4.69) is 10.6 Å². The molecule has 1 saturated carbocycles. The predicted molar refractivity (Wildman–Crippen MR) is 147 cm³/mol. The van der Waals surface area contributed by atoms with E-state index in [0.717, 1.165) is 37.7 Å². The van der Waals surface area contributed by atoms with Crippen molar-refractivity contribution >= 4 is 17.9 Å². The summed E-state index contributed by atoms with van der Waals surface area (Å²) in [4.78, 5) is 42.0. The number of amides is 3. The van der Waals surface area contributed by atoms with Gasteiger partial charge in [-0.2, -0.15) is 0 Å². The average Bonchev–Trinajstić information content (AvgIpc) is 2.87. The summed E-state index contributed by atoms with van der Waals surface area (Å²) in [6, 6.07) is 13.9. The zero-order chi connectivity index (χ0) is 27.7. The van der Waals surface area contributed by atoms with Crippen LogP contribution in [0.4, 0.5) is 4.79 Å². The maximum absolute atomic E-state index is 14.1. The van der Waals surface area contributed by atoms with Crippen molar-refractivity contribution in [3.05, 3.63) is 65.7 Å². The number of benzene rings is 2. The normalized spacial score (nSPS) is 15.7. The summed E-state index contributed by atoms with van der Waals surface area (Å²) < 4.78 is 5.45. The van der Waals surface area contributed by atoms with Crippen molar-refractivity contribution in [3.8, 4) is 5.75 Å². The third-order valence-electron chi connectivity index (χ3n) is 6.62. The summed E-state index contributed by atoms with van der Waals surface area (Å²) in [5, 5.41) is 15.7. The molecule has 38 heavy (non-hydrogen) atoms. The van der Waals surface area contributed by atoms with E-state index >= 15 is 0 Å². The number of nitrogens with one attached hydrogen (secondary N) is 2. The standard InChI is InChI=1S/C30H41N3O5/c1-5-33(26(22-16-18-24(34)19-17-22)27(35)31-23-14-10-7-11-15-23)28(36)25(20-21-12-8-6-9-13-21)32-29(37)38-30(2,3)4/h6,8-9,12-13,16-19,23,25-26,34H,5,7,10-11,14-15,20H2,1-4H3,(H,31,35)(H,32,37). The minimum absolute atomic E-state index is 0.0599. The highest BCUT2D eigenvalue weighted by Gasteiger charge is 2.36. The number of phenolic OH excluding ortho intramolecular Hbond substituents is 1. The van der Waals surface area contributed by atoms with Crippen LogP contribution in [0.25, 0.3) is 0 Å². The number of nitrogens with zero attached hydrogens (tertiary/aromatic N) is 1. The molecule has 0 aliphatic heterocycles. The van der Waals surface area contributed by atoms with Gasteiger partial charge in [0.2, 0.25) is 11.8 Å². The number of alkyl carbamates (subject to hydrolysis) is 1. The Morgan fingerprint density at radius 1 is 1.00 bits per heavy atom. The molecule has 0 aromatic heterocycles. The Morgan fingerprint density at radius 3 is 2.21 bits per heavy atom. The van der Waals surface area contributed by atoms with Gasteiger partial charge in [0.1, 0.15) is 23.4 Å². The summed E-state index contributed by atoms with van der Waals surface area (Å²) in [5.41, 5.74) is 0.719. The molecule has 3 amide bonds. The van der Waals surface area contributed by atoms with Crippen LogP contribution < -0.4 is 10.6 Å². The second-order valence-electron chi connectivity index (χ2n) is 10.9. The van der Waals surface area contributed by atoms with Crippen molar-refractivity contribution < 1.29 is 24.2 Å². The van der Waals surface area contributed by atoms with Crippen molar-refractivity contribution in [3.63, 3.8) is 0 Å². The lowest BCUT2D eigenvalue weighted by Gasteiger charge is -2.35. The van der Waals surface area contributed by atoms with Crippen molar-refractivity contribution in [2.45, 2.75) is 89.9 Å². The highest BCUT2D eigenvalue weighted by molar-refractivity contribution is 5.92. The van der Waals surface area contributed by atoms with E-state index in [1.807, 2.05) is 37.3 Å². The molecular formula is C30H41N3O5. The van der Waals surface area contributed by atoms with E-state index in [1.165, 1.54) is 17.0 Å². The van der Waals surface area contributed by atoms with Crippen LogP contribution in [0, 0.1) is 0 Å². The molecule has 1 fully saturated rings. The molecule has 0 saturated heterocycles. The maximum Gasteiger partial charge on any atom is 0.408 e. The fourth-order valence-corrected chi connectivity index (χ4v) is 4.82. The molecule has 2 aromatic rings. The smallest absolute Gasteiger partial charge is 0.408 e. The molecule has 3 N–H and O–H groups in total. The van der Waals surface area contributed by atoms with E-state index in [-0.39, 0.29) is 36.6 Å². The Hall–Kier alpha value is -3.55. The first-order valence-corrected chi connectivity index (χ1v) is 13.5. The molecule has 2 aromatic carbocycles. The van der Waals surface area contributed by atoms with E-state index in [9.17, 15) is 19.5 Å². The van der Waals surface area contributed by atoms with Gasteiger partial charge in [0.25, 0.3) is 0 Å². The Bertz CT molecular complexity index is 1060. The summed E-state index contributed by atoms with van der Waals surface area (Å²) in [7, 11) is 0. The summed E-state index contributed by atoms with van der Waals surface area (Å²) in [6.45, 7) is 7.33. The number of aromatic hydroxyl groups is 1. The lowest BCUT2D eigenvalue weighted by atomic mass is 9.94. The second-order valence-corrected chi connectivity index (χ2v) is 10.9. The van der Waals surface area contributed by atoms with Gasteiger partial charge in [0.15, 0.2) is 0 Å². The number of rotatable bonds is 9. The Morgan fingerprint density at radius 2 is 1.63 bits per heavy atom. The topological polar surface area (TPSA) is 108 Å². The van der Waals surface area contributed by atoms with E-state index in [4.69, 9.17) is 4.74 Å². The molecule has 206 valence electrons. The van der Waals surface area contributed by atoms with Crippen LogP contribution >= 0.6 is 0 Å². The SMILES string of the molecule is CCN(C(=O)C(Cc1ccccc1)NC(=O)OC(C)(C)C)C(C(=O)NC1CCCCC1)c1ccc(O)cc1. The molecule has 2 atom stereocenters. The van der Waals surface area contributed by atoms with Crippen LogP contribution in [0.1, 0.15) is 77.0 Å². The Labute approximate surface area is 225 Å². The molecule has 8 nitrogen and oxygen atoms in total. The van der Waals surface area contributed by atoms with Gasteiger partial charge in [0.05, 0.1) is 0 Å². The zero-order valence-corrected chi connectivity index (χ0v) is 22.9. The minimum atomic E-state index is -0.950. The van der Waals surface area contributed by atoms with E-state index in [0.29, 0.717) is 5.56 Å². The highest BCUT2D eigenvalue weighted by Crippen LogP contribution is 2.26. The Balaban J connectivity index is 1.93. The molecule has 8 heteroatoms. The first kappa shape index (κ1) is 29.0. The van der Waals surface area contributed by atoms with E-state index < -0.39 is 23.8 Å². The van der Waals surface area contributed by atoms with Crippen molar-refractivity contribution in [2.75, 3.05) is 6.54 Å². The first-order valence-electron chi connectivity index (χ1n) is 13.5. The third-order valence-corrected chi connectivity index (χ3v) is 6.62. The van der Waals surface area contributed by atoms with Gasteiger partial charge < -0.3 is 25.4 Å². The largest absolute Gasteiger partial charge is 0.508 e. The van der Waals surface area contributed by atoms with Crippen LogP contribution in [0.3, 0.4) is 0 Å². The lowest BCUT2D eigenvalue weighted by Crippen LogP contribution is -2.54. The lowest BCUT2D eigenvalue weighted by molar-refractivity contribution is -0.142. The Kier molecular flexibility index (Phi) is 10.2. The van der Waals surface area contributed by atoms with Crippen LogP contribution in [0.5, 0.6) is 5.75 Å². The monoisotopic (exact) mass is 523 g/mol. The fourth-order valence-electron chi connectivity index (χ4n) is 4.82. The number of likely N-dealkylation sites (N-methyl/N-ethyl adjacent to an activating group) is 1. The van der Waals surface area contributed by atoms with Gasteiger partial charge in [-0.3, -0.25) is 9.59 Å². The number of ether oxygens (including phenoxy) is 1. The van der Waals surface area contributed by atoms with Crippen LogP contribution in [0.2, 0.25) is 0 Å².